The van der Waals surface area contributed by atoms with Gasteiger partial charge in [0.05, 0.1) is 5.41 Å². The van der Waals surface area contributed by atoms with E-state index in [-0.39, 0.29) is 5.41 Å². The molecule has 0 aromatic rings. The summed E-state index contributed by atoms with van der Waals surface area (Å²) in [4.78, 5) is 12.7. The van der Waals surface area contributed by atoms with Gasteiger partial charge in [0.25, 0.3) is 0 Å². The lowest BCUT2D eigenvalue weighted by molar-refractivity contribution is -0.135. The third kappa shape index (κ3) is 1.79. The van der Waals surface area contributed by atoms with Crippen molar-refractivity contribution in [2.45, 2.75) is 78.1 Å². The van der Waals surface area contributed by atoms with Crippen LogP contribution in [0.3, 0.4) is 0 Å². The van der Waals surface area contributed by atoms with Crippen LogP contribution in [-0.4, -0.2) is 5.78 Å². The summed E-state index contributed by atoms with van der Waals surface area (Å²) in [6, 6.07) is 0. The van der Waals surface area contributed by atoms with Crippen LogP contribution in [0.25, 0.3) is 0 Å². The molecule has 0 heterocycles. The van der Waals surface area contributed by atoms with E-state index in [1.54, 1.807) is 5.57 Å². The lowest BCUT2D eigenvalue weighted by atomic mass is 9.47. The minimum absolute atomic E-state index is 0.0366. The molecule has 0 radical (unpaired) electrons. The largest absolute Gasteiger partial charge is 0.299 e. The van der Waals surface area contributed by atoms with Gasteiger partial charge in [0.2, 0.25) is 0 Å². The molecule has 0 saturated heterocycles. The molecule has 116 valence electrons. The van der Waals surface area contributed by atoms with E-state index in [9.17, 15) is 4.79 Å². The number of hydrogen-bond donors (Lipinski definition) is 0. The van der Waals surface area contributed by atoms with Crippen LogP contribution in [-0.2, 0) is 4.79 Å². The van der Waals surface area contributed by atoms with Crippen molar-refractivity contribution in [1.82, 2.24) is 0 Å². The van der Waals surface area contributed by atoms with Crippen molar-refractivity contribution < 1.29 is 4.79 Å². The number of ketones is 1. The van der Waals surface area contributed by atoms with E-state index in [1.165, 1.54) is 57.8 Å². The van der Waals surface area contributed by atoms with Crippen molar-refractivity contribution >= 4 is 5.78 Å². The van der Waals surface area contributed by atoms with Crippen LogP contribution in [0, 0.1) is 28.6 Å². The maximum atomic E-state index is 12.7. The maximum Gasteiger partial charge on any atom is 0.140 e. The zero-order valence-electron chi connectivity index (χ0n) is 13.8. The van der Waals surface area contributed by atoms with Crippen LogP contribution in [0.5, 0.6) is 0 Å². The Kier molecular flexibility index (Phi) is 3.14. The zero-order chi connectivity index (χ0) is 14.7. The first-order valence-corrected chi connectivity index (χ1v) is 9.28. The highest BCUT2D eigenvalue weighted by atomic mass is 16.1. The number of fused-ring (bicyclic) bond motifs is 5. The molecule has 1 heteroatoms. The molecule has 1 nitrogen and oxygen atoms in total. The van der Waals surface area contributed by atoms with Crippen LogP contribution < -0.4 is 0 Å². The molecule has 5 atom stereocenters. The second-order valence-corrected chi connectivity index (χ2v) is 8.66. The molecule has 4 rings (SSSR count). The topological polar surface area (TPSA) is 17.1 Å². The van der Waals surface area contributed by atoms with Crippen molar-refractivity contribution in [2.75, 3.05) is 0 Å². The monoisotopic (exact) mass is 286 g/mol. The predicted octanol–water partition coefficient (Wildman–Crippen LogP) is 5.30. The quantitative estimate of drug-likeness (QED) is 0.598. The summed E-state index contributed by atoms with van der Waals surface area (Å²) < 4.78 is 0. The summed E-state index contributed by atoms with van der Waals surface area (Å²) in [5.74, 6) is 2.86. The average molecular weight is 286 g/mol. The first-order valence-electron chi connectivity index (χ1n) is 9.28. The highest BCUT2D eigenvalue weighted by Gasteiger charge is 2.58. The summed E-state index contributed by atoms with van der Waals surface area (Å²) >= 11 is 0. The Morgan fingerprint density at radius 1 is 1.10 bits per heavy atom. The molecule has 0 amide bonds. The van der Waals surface area contributed by atoms with Gasteiger partial charge in [-0.3, -0.25) is 4.79 Å². The van der Waals surface area contributed by atoms with E-state index < -0.39 is 0 Å². The standard InChI is InChI=1S/C20H30O/c1-14(21)20-12-4-3-6-15(20)8-9-16-17-7-5-11-19(17,2)13-10-18(16)20/h8,16-18H,3-7,9-13H2,1-2H3/t16-,17-,18+,19-,20+/m0/s1. The van der Waals surface area contributed by atoms with Crippen molar-refractivity contribution in [3.63, 3.8) is 0 Å². The predicted molar refractivity (Wildman–Crippen MR) is 85.9 cm³/mol. The minimum Gasteiger partial charge on any atom is -0.299 e. The fourth-order valence-electron chi connectivity index (χ4n) is 6.97. The van der Waals surface area contributed by atoms with Gasteiger partial charge in [-0.25, -0.2) is 0 Å². The van der Waals surface area contributed by atoms with Crippen LogP contribution in [0.4, 0.5) is 0 Å². The van der Waals surface area contributed by atoms with E-state index in [4.69, 9.17) is 0 Å². The van der Waals surface area contributed by atoms with E-state index >= 15 is 0 Å². The number of carbonyl (C=O) groups excluding carboxylic acids is 1. The van der Waals surface area contributed by atoms with Crippen LogP contribution in [0.15, 0.2) is 11.6 Å². The molecule has 3 fully saturated rings. The molecule has 0 unspecified atom stereocenters. The molecule has 0 bridgehead atoms. The molecular weight excluding hydrogens is 256 g/mol. The Morgan fingerprint density at radius 2 is 1.95 bits per heavy atom. The second kappa shape index (κ2) is 4.70. The third-order valence-corrected chi connectivity index (χ3v) is 7.96. The highest BCUT2D eigenvalue weighted by molar-refractivity contribution is 5.86. The maximum absolute atomic E-state index is 12.7. The molecule has 0 aliphatic heterocycles. The Labute approximate surface area is 129 Å². The average Bonchev–Trinajstić information content (AvgIpc) is 2.88. The molecule has 0 aromatic carbocycles. The van der Waals surface area contributed by atoms with Gasteiger partial charge in [-0.2, -0.15) is 0 Å². The number of allylic oxidation sites excluding steroid dienone is 2. The van der Waals surface area contributed by atoms with Gasteiger partial charge >= 0.3 is 0 Å². The second-order valence-electron chi connectivity index (χ2n) is 8.66. The summed E-state index contributed by atoms with van der Waals surface area (Å²) in [7, 11) is 0. The Hall–Kier alpha value is -0.590. The highest BCUT2D eigenvalue weighted by Crippen LogP contribution is 2.65. The van der Waals surface area contributed by atoms with Gasteiger partial charge in [0, 0.05) is 0 Å². The Balaban J connectivity index is 1.76. The van der Waals surface area contributed by atoms with Gasteiger partial charge in [-0.15, -0.1) is 0 Å². The van der Waals surface area contributed by atoms with Crippen molar-refractivity contribution in [2.24, 2.45) is 28.6 Å². The van der Waals surface area contributed by atoms with E-state index in [2.05, 4.69) is 13.0 Å². The fourth-order valence-corrected chi connectivity index (χ4v) is 6.97. The molecule has 21 heavy (non-hydrogen) atoms. The summed E-state index contributed by atoms with van der Waals surface area (Å²) in [5.41, 5.74) is 2.11. The first kappa shape index (κ1) is 14.0. The van der Waals surface area contributed by atoms with Gasteiger partial charge in [-0.1, -0.05) is 31.4 Å². The molecule has 0 N–H and O–H groups in total. The number of hydrogen-bond acceptors (Lipinski definition) is 1. The number of rotatable bonds is 1. The SMILES string of the molecule is CC(=O)[C@]12CCCCC1=CC[C@@H]1[C@H]2CC[C@]2(C)CCC[C@@H]12. The Bertz CT molecular complexity index is 490. The van der Waals surface area contributed by atoms with Crippen LogP contribution >= 0.6 is 0 Å². The normalized spacial score (nSPS) is 48.9. The van der Waals surface area contributed by atoms with Crippen molar-refractivity contribution in [3.05, 3.63) is 11.6 Å². The van der Waals surface area contributed by atoms with Crippen molar-refractivity contribution in [1.29, 1.82) is 0 Å². The molecular formula is C20H30O. The lowest BCUT2D eigenvalue weighted by Crippen LogP contribution is -2.52. The zero-order valence-corrected chi connectivity index (χ0v) is 13.8. The Morgan fingerprint density at radius 3 is 2.76 bits per heavy atom. The smallest absolute Gasteiger partial charge is 0.140 e. The third-order valence-electron chi connectivity index (χ3n) is 7.96. The number of carbonyl (C=O) groups is 1. The summed E-state index contributed by atoms with van der Waals surface area (Å²) in [6.45, 7) is 4.44. The number of Topliss-reactive ketones (excluding diaryl/α,β-unsaturated/α-hetero) is 1. The molecule has 3 saturated carbocycles. The van der Waals surface area contributed by atoms with E-state index in [0.29, 0.717) is 17.1 Å². The van der Waals surface area contributed by atoms with E-state index in [0.717, 1.165) is 18.3 Å². The van der Waals surface area contributed by atoms with E-state index in [1.807, 2.05) is 6.92 Å². The van der Waals surface area contributed by atoms with Crippen molar-refractivity contribution in [3.8, 4) is 0 Å². The van der Waals surface area contributed by atoms with Gasteiger partial charge in [0.1, 0.15) is 5.78 Å². The molecule has 0 aromatic heterocycles. The van der Waals surface area contributed by atoms with Gasteiger partial charge in [0.15, 0.2) is 0 Å². The summed E-state index contributed by atoms with van der Waals surface area (Å²) in [5, 5.41) is 0. The molecule has 0 spiro atoms. The molecule has 4 aliphatic rings. The van der Waals surface area contributed by atoms with Gasteiger partial charge in [-0.05, 0) is 81.5 Å². The fraction of sp³-hybridized carbons (Fsp3) is 0.850. The van der Waals surface area contributed by atoms with Crippen LogP contribution in [0.2, 0.25) is 0 Å². The van der Waals surface area contributed by atoms with Gasteiger partial charge < -0.3 is 0 Å². The lowest BCUT2D eigenvalue weighted by Gasteiger charge is -2.57. The minimum atomic E-state index is -0.0366. The van der Waals surface area contributed by atoms with Crippen LogP contribution in [0.1, 0.15) is 78.1 Å². The molecule has 4 aliphatic carbocycles. The summed E-state index contributed by atoms with van der Waals surface area (Å²) in [6.07, 6.45) is 15.7. The first-order chi connectivity index (χ1) is 10.1.